The first-order valence-electron chi connectivity index (χ1n) is 12.7. The summed E-state index contributed by atoms with van der Waals surface area (Å²) in [7, 11) is 0. The van der Waals surface area contributed by atoms with Crippen LogP contribution in [0.3, 0.4) is 0 Å². The van der Waals surface area contributed by atoms with Gasteiger partial charge in [0.1, 0.15) is 0 Å². The summed E-state index contributed by atoms with van der Waals surface area (Å²) in [6.07, 6.45) is 3.55. The highest BCUT2D eigenvalue weighted by atomic mass is 16.2. The van der Waals surface area contributed by atoms with E-state index in [4.69, 9.17) is 10.7 Å². The van der Waals surface area contributed by atoms with Gasteiger partial charge in [-0.1, -0.05) is 42.5 Å². The Morgan fingerprint density at radius 1 is 1.11 bits per heavy atom. The normalized spacial score (nSPS) is 16.2. The summed E-state index contributed by atoms with van der Waals surface area (Å²) in [5, 5.41) is 8.26. The molecule has 2 aromatic heterocycles. The Balaban J connectivity index is 1.37. The lowest BCUT2D eigenvalue weighted by molar-refractivity contribution is -0.123. The number of carbonyl (C=O) groups excluding carboxylic acids is 2. The van der Waals surface area contributed by atoms with E-state index in [2.05, 4.69) is 15.3 Å². The van der Waals surface area contributed by atoms with Crippen LogP contribution in [0, 0.1) is 5.92 Å². The van der Waals surface area contributed by atoms with Gasteiger partial charge in [-0.3, -0.25) is 14.5 Å². The summed E-state index contributed by atoms with van der Waals surface area (Å²) in [4.78, 5) is 32.2. The van der Waals surface area contributed by atoms with Crippen LogP contribution in [0.5, 0.6) is 0 Å². The number of rotatable bonds is 7. The first kappa shape index (κ1) is 24.6. The zero-order valence-electron chi connectivity index (χ0n) is 21.2. The number of nitrogens with zero attached hydrogens (tertiary/aromatic N) is 4. The molecule has 3 heterocycles. The second-order valence-corrected chi connectivity index (χ2v) is 9.97. The number of hydrogen-bond donors (Lipinski definition) is 2. The van der Waals surface area contributed by atoms with Crippen molar-refractivity contribution in [1.82, 2.24) is 19.7 Å². The molecule has 0 bridgehead atoms. The van der Waals surface area contributed by atoms with Crippen molar-refractivity contribution in [3.8, 4) is 11.3 Å². The number of pyridine rings is 1. The summed E-state index contributed by atoms with van der Waals surface area (Å²) < 4.78 is 1.84. The van der Waals surface area contributed by atoms with Gasteiger partial charge in [0.2, 0.25) is 5.91 Å². The van der Waals surface area contributed by atoms with E-state index in [1.54, 1.807) is 6.20 Å². The third-order valence-electron chi connectivity index (χ3n) is 6.90. The van der Waals surface area contributed by atoms with Gasteiger partial charge in [0.05, 0.1) is 28.8 Å². The average Bonchev–Trinajstić information content (AvgIpc) is 3.34. The van der Waals surface area contributed by atoms with Crippen LogP contribution in [0.25, 0.3) is 22.3 Å². The molecule has 0 spiro atoms. The fourth-order valence-electron chi connectivity index (χ4n) is 4.92. The van der Waals surface area contributed by atoms with E-state index in [0.717, 1.165) is 48.1 Å². The molecule has 1 atom stereocenters. The third kappa shape index (κ3) is 5.39. The second kappa shape index (κ2) is 10.5. The molecule has 1 fully saturated rings. The molecule has 190 valence electrons. The molecule has 2 aromatic carbocycles. The van der Waals surface area contributed by atoms with Gasteiger partial charge in [-0.2, -0.15) is 5.10 Å². The largest absolute Gasteiger partial charge is 0.369 e. The molecule has 0 saturated carbocycles. The number of piperidine rings is 1. The second-order valence-electron chi connectivity index (χ2n) is 9.97. The van der Waals surface area contributed by atoms with Crippen molar-refractivity contribution in [2.24, 2.45) is 11.7 Å². The third-order valence-corrected chi connectivity index (χ3v) is 6.90. The smallest absolute Gasteiger partial charge is 0.256 e. The molecule has 8 heteroatoms. The van der Waals surface area contributed by atoms with E-state index < -0.39 is 0 Å². The van der Waals surface area contributed by atoms with Crippen LogP contribution in [0.15, 0.2) is 66.9 Å². The first-order valence-corrected chi connectivity index (χ1v) is 12.7. The Labute approximate surface area is 216 Å². The molecular formula is C29H32N6O2. The van der Waals surface area contributed by atoms with Gasteiger partial charge in [0.15, 0.2) is 5.65 Å². The van der Waals surface area contributed by atoms with Gasteiger partial charge in [0, 0.05) is 30.4 Å². The van der Waals surface area contributed by atoms with Crippen LogP contribution < -0.4 is 11.1 Å². The number of fused-ring (bicyclic) bond motifs is 1. The van der Waals surface area contributed by atoms with Crippen molar-refractivity contribution in [2.45, 2.75) is 39.3 Å². The van der Waals surface area contributed by atoms with Crippen LogP contribution >= 0.6 is 0 Å². The molecule has 1 aliphatic heterocycles. The average molecular weight is 497 g/mol. The molecule has 4 aromatic rings. The number of hydrogen-bond acceptors (Lipinski definition) is 5. The van der Waals surface area contributed by atoms with Crippen molar-refractivity contribution in [3.05, 3.63) is 78.0 Å². The minimum Gasteiger partial charge on any atom is -0.369 e. The fraction of sp³-hybridized carbons (Fsp3) is 0.310. The first-order chi connectivity index (χ1) is 17.9. The zero-order valence-corrected chi connectivity index (χ0v) is 21.2. The number of amides is 2. The van der Waals surface area contributed by atoms with Crippen molar-refractivity contribution in [1.29, 1.82) is 0 Å². The highest BCUT2D eigenvalue weighted by Crippen LogP contribution is 2.27. The lowest BCUT2D eigenvalue weighted by Gasteiger charge is -2.31. The molecule has 2 amide bonds. The Hall–Kier alpha value is -4.04. The number of anilines is 1. The zero-order chi connectivity index (χ0) is 25.9. The molecule has 5 rings (SSSR count). The van der Waals surface area contributed by atoms with Crippen molar-refractivity contribution >= 4 is 28.5 Å². The van der Waals surface area contributed by atoms with Gasteiger partial charge in [-0.25, -0.2) is 9.67 Å². The van der Waals surface area contributed by atoms with E-state index in [1.165, 1.54) is 0 Å². The molecular weight excluding hydrogens is 464 g/mol. The summed E-state index contributed by atoms with van der Waals surface area (Å²) in [6.45, 7) is 6.48. The predicted molar refractivity (Wildman–Crippen MR) is 145 cm³/mol. The predicted octanol–water partition coefficient (Wildman–Crippen LogP) is 4.63. The van der Waals surface area contributed by atoms with Crippen molar-refractivity contribution in [3.63, 3.8) is 0 Å². The van der Waals surface area contributed by atoms with E-state index in [-0.39, 0.29) is 23.8 Å². The minimum atomic E-state index is -0.220. The summed E-state index contributed by atoms with van der Waals surface area (Å²) in [6, 6.07) is 19.6. The SMILES string of the molecule is CC(C)n1ncc2c(C(=O)Nc3ccc(CN4CCCC(C(N)=O)C4)cc3)cc(-c3ccccc3)nc21. The van der Waals surface area contributed by atoms with Gasteiger partial charge in [0.25, 0.3) is 5.91 Å². The number of benzene rings is 2. The molecule has 8 nitrogen and oxygen atoms in total. The van der Waals surface area contributed by atoms with E-state index in [0.29, 0.717) is 23.4 Å². The Morgan fingerprint density at radius 2 is 1.86 bits per heavy atom. The lowest BCUT2D eigenvalue weighted by Crippen LogP contribution is -2.40. The maximum Gasteiger partial charge on any atom is 0.256 e. The summed E-state index contributed by atoms with van der Waals surface area (Å²) >= 11 is 0. The molecule has 37 heavy (non-hydrogen) atoms. The van der Waals surface area contributed by atoms with Crippen LogP contribution in [0.4, 0.5) is 5.69 Å². The highest BCUT2D eigenvalue weighted by Gasteiger charge is 2.24. The number of carbonyl (C=O) groups is 2. The molecule has 1 saturated heterocycles. The van der Waals surface area contributed by atoms with Crippen molar-refractivity contribution < 1.29 is 9.59 Å². The summed E-state index contributed by atoms with van der Waals surface area (Å²) in [5.74, 6) is -0.506. The Morgan fingerprint density at radius 3 is 2.57 bits per heavy atom. The van der Waals surface area contributed by atoms with Gasteiger partial charge in [-0.05, 0) is 57.0 Å². The lowest BCUT2D eigenvalue weighted by atomic mass is 9.97. The van der Waals surface area contributed by atoms with E-state index in [9.17, 15) is 9.59 Å². The molecule has 1 aliphatic rings. The van der Waals surface area contributed by atoms with E-state index in [1.807, 2.05) is 79.2 Å². The number of nitrogens with one attached hydrogen (secondary N) is 1. The standard InChI is InChI=1S/C29H32N6O2/c1-19(2)35-28-25(16-31-35)24(15-26(33-28)21-7-4-3-5-8-21)29(37)32-23-12-10-20(11-13-23)17-34-14-6-9-22(18-34)27(30)36/h3-5,7-8,10-13,15-16,19,22H,6,9,14,17-18H2,1-2H3,(H2,30,36)(H,32,37). The maximum atomic E-state index is 13.5. The topological polar surface area (TPSA) is 106 Å². The molecule has 0 radical (unpaired) electrons. The van der Waals surface area contributed by atoms with Crippen LogP contribution in [0.1, 0.15) is 48.7 Å². The fourth-order valence-corrected chi connectivity index (χ4v) is 4.92. The monoisotopic (exact) mass is 496 g/mol. The highest BCUT2D eigenvalue weighted by molar-refractivity contribution is 6.12. The number of aromatic nitrogens is 3. The quantitative estimate of drug-likeness (QED) is 0.388. The number of likely N-dealkylation sites (tertiary alicyclic amines) is 1. The minimum absolute atomic E-state index is 0.0784. The summed E-state index contributed by atoms with van der Waals surface area (Å²) in [5.41, 5.74) is 10.2. The molecule has 3 N–H and O–H groups in total. The van der Waals surface area contributed by atoms with E-state index >= 15 is 0 Å². The Kier molecular flexibility index (Phi) is 7.01. The van der Waals surface area contributed by atoms with Gasteiger partial charge in [-0.15, -0.1) is 0 Å². The van der Waals surface area contributed by atoms with Gasteiger partial charge < -0.3 is 11.1 Å². The number of primary amides is 1. The van der Waals surface area contributed by atoms with Gasteiger partial charge >= 0.3 is 0 Å². The maximum absolute atomic E-state index is 13.5. The molecule has 1 unspecified atom stereocenters. The van der Waals surface area contributed by atoms with Crippen LogP contribution in [0.2, 0.25) is 0 Å². The van der Waals surface area contributed by atoms with Crippen molar-refractivity contribution in [2.75, 3.05) is 18.4 Å². The number of nitrogens with two attached hydrogens (primary N) is 1. The Bertz CT molecular complexity index is 1410. The molecule has 0 aliphatic carbocycles. The van der Waals surface area contributed by atoms with Crippen LogP contribution in [-0.2, 0) is 11.3 Å². The van der Waals surface area contributed by atoms with Crippen LogP contribution in [-0.4, -0.2) is 44.6 Å².